The van der Waals surface area contributed by atoms with Crippen LogP contribution in [-0.4, -0.2) is 15.1 Å². The van der Waals surface area contributed by atoms with Crippen molar-refractivity contribution in [2.24, 2.45) is 0 Å². The van der Waals surface area contributed by atoms with Crippen molar-refractivity contribution in [3.05, 3.63) is 51.7 Å². The van der Waals surface area contributed by atoms with E-state index in [2.05, 4.69) is 10.2 Å². The van der Waals surface area contributed by atoms with Crippen LogP contribution in [0.4, 0.5) is 5.69 Å². The summed E-state index contributed by atoms with van der Waals surface area (Å²) in [5.41, 5.74) is 0.517. The van der Waals surface area contributed by atoms with Gasteiger partial charge in [0.2, 0.25) is 0 Å². The van der Waals surface area contributed by atoms with Crippen molar-refractivity contribution in [3.8, 4) is 17.7 Å². The number of nitriles is 1. The van der Waals surface area contributed by atoms with Gasteiger partial charge >= 0.3 is 0 Å². The molecular weight excluding hydrogens is 248 g/mol. The van der Waals surface area contributed by atoms with Gasteiger partial charge in [-0.05, 0) is 19.1 Å². The average Bonchev–Trinajstić information content (AvgIpc) is 2.41. The molecule has 0 radical (unpaired) electrons. The summed E-state index contributed by atoms with van der Waals surface area (Å²) in [4.78, 5) is 10.3. The lowest BCUT2D eigenvalue weighted by molar-refractivity contribution is -0.385. The molecule has 0 aliphatic rings. The summed E-state index contributed by atoms with van der Waals surface area (Å²) >= 11 is 0. The molecule has 19 heavy (non-hydrogen) atoms. The third-order valence-corrected chi connectivity index (χ3v) is 2.47. The first-order chi connectivity index (χ1) is 9.13. The number of benzene rings is 1. The van der Waals surface area contributed by atoms with Gasteiger partial charge in [0.05, 0.1) is 16.7 Å². The molecule has 1 aromatic heterocycles. The van der Waals surface area contributed by atoms with Gasteiger partial charge in [0, 0.05) is 6.07 Å². The summed E-state index contributed by atoms with van der Waals surface area (Å²) in [5, 5.41) is 27.0. The van der Waals surface area contributed by atoms with Gasteiger partial charge in [0.15, 0.2) is 0 Å². The van der Waals surface area contributed by atoms with Crippen molar-refractivity contribution in [3.63, 3.8) is 0 Å². The number of nitro groups is 1. The smallest absolute Gasteiger partial charge is 0.276 e. The number of hydrogen-bond donors (Lipinski definition) is 0. The van der Waals surface area contributed by atoms with Crippen LogP contribution in [0.2, 0.25) is 0 Å². The molecule has 1 aromatic carbocycles. The minimum absolute atomic E-state index is 0.0218. The van der Waals surface area contributed by atoms with Crippen LogP contribution in [0.15, 0.2) is 30.5 Å². The third kappa shape index (κ3) is 2.47. The average molecular weight is 256 g/mol. The number of nitro benzene ring substituents is 1. The molecule has 2 aromatic rings. The van der Waals surface area contributed by atoms with Gasteiger partial charge in [-0.25, -0.2) is 0 Å². The van der Waals surface area contributed by atoms with Crippen molar-refractivity contribution in [1.29, 1.82) is 5.26 Å². The van der Waals surface area contributed by atoms with E-state index in [4.69, 9.17) is 10.00 Å². The largest absolute Gasteiger partial charge is 0.436 e. The van der Waals surface area contributed by atoms with E-state index >= 15 is 0 Å². The summed E-state index contributed by atoms with van der Waals surface area (Å²) in [6.45, 7) is 1.57. The summed E-state index contributed by atoms with van der Waals surface area (Å²) in [6, 6.07) is 7.81. The zero-order valence-electron chi connectivity index (χ0n) is 9.90. The second kappa shape index (κ2) is 5.10. The number of ether oxygens (including phenoxy) is 1. The molecule has 1 heterocycles. The van der Waals surface area contributed by atoms with Crippen LogP contribution in [0.5, 0.6) is 11.6 Å². The monoisotopic (exact) mass is 256 g/mol. The molecule has 0 saturated heterocycles. The Bertz CT molecular complexity index is 679. The van der Waals surface area contributed by atoms with Crippen LogP contribution >= 0.6 is 0 Å². The van der Waals surface area contributed by atoms with Gasteiger partial charge in [-0.15, -0.1) is 5.10 Å². The van der Waals surface area contributed by atoms with Crippen molar-refractivity contribution < 1.29 is 9.66 Å². The Kier molecular flexibility index (Phi) is 3.34. The normalized spacial score (nSPS) is 9.68. The SMILES string of the molecule is Cc1c(Oc2nnccc2C#N)cccc1[N+](=O)[O-]. The molecule has 2 rings (SSSR count). The van der Waals surface area contributed by atoms with E-state index in [0.717, 1.165) is 0 Å². The fraction of sp³-hybridized carbons (Fsp3) is 0.0833. The van der Waals surface area contributed by atoms with Crippen molar-refractivity contribution in [2.45, 2.75) is 6.92 Å². The third-order valence-electron chi connectivity index (χ3n) is 2.47. The number of hydrogen-bond acceptors (Lipinski definition) is 6. The Morgan fingerprint density at radius 1 is 1.42 bits per heavy atom. The predicted octanol–water partition coefficient (Wildman–Crippen LogP) is 2.36. The predicted molar refractivity (Wildman–Crippen MR) is 64.7 cm³/mol. The van der Waals surface area contributed by atoms with Crippen LogP contribution in [-0.2, 0) is 0 Å². The quantitative estimate of drug-likeness (QED) is 0.617. The molecule has 0 atom stereocenters. The van der Waals surface area contributed by atoms with Crippen LogP contribution in [0.25, 0.3) is 0 Å². The van der Waals surface area contributed by atoms with Gasteiger partial charge in [-0.1, -0.05) is 6.07 Å². The lowest BCUT2D eigenvalue weighted by Crippen LogP contribution is -1.97. The summed E-state index contributed by atoms with van der Waals surface area (Å²) in [6.07, 6.45) is 1.37. The molecule has 7 nitrogen and oxygen atoms in total. The standard InChI is InChI=1S/C12H8N4O3/c1-8-10(16(17)18)3-2-4-11(8)19-12-9(7-13)5-6-14-15-12/h2-6H,1H3. The number of nitrogens with zero attached hydrogens (tertiary/aromatic N) is 4. The maximum atomic E-state index is 10.8. The first-order valence-electron chi connectivity index (χ1n) is 5.27. The van der Waals surface area contributed by atoms with Gasteiger partial charge in [-0.2, -0.15) is 10.4 Å². The van der Waals surface area contributed by atoms with Crippen molar-refractivity contribution in [1.82, 2.24) is 10.2 Å². The fourth-order valence-corrected chi connectivity index (χ4v) is 1.49. The molecule has 7 heteroatoms. The molecule has 0 amide bonds. The Balaban J connectivity index is 2.42. The molecule has 0 spiro atoms. The minimum Gasteiger partial charge on any atom is -0.436 e. The Hall–Kier alpha value is -3.01. The summed E-state index contributed by atoms with van der Waals surface area (Å²) in [7, 11) is 0. The minimum atomic E-state index is -0.496. The molecule has 0 fully saturated rings. The highest BCUT2D eigenvalue weighted by Crippen LogP contribution is 2.30. The summed E-state index contributed by atoms with van der Waals surface area (Å²) in [5.74, 6) is 0.291. The lowest BCUT2D eigenvalue weighted by atomic mass is 10.2. The van der Waals surface area contributed by atoms with E-state index in [1.807, 2.05) is 6.07 Å². The van der Waals surface area contributed by atoms with E-state index in [1.54, 1.807) is 13.0 Å². The highest BCUT2D eigenvalue weighted by Gasteiger charge is 2.16. The fourth-order valence-electron chi connectivity index (χ4n) is 1.49. The maximum Gasteiger partial charge on any atom is 0.276 e. The van der Waals surface area contributed by atoms with Crippen LogP contribution in [0.3, 0.4) is 0 Å². The highest BCUT2D eigenvalue weighted by molar-refractivity contribution is 5.50. The molecule has 0 unspecified atom stereocenters. The van der Waals surface area contributed by atoms with E-state index < -0.39 is 4.92 Å². The second-order valence-corrected chi connectivity index (χ2v) is 3.62. The lowest BCUT2D eigenvalue weighted by Gasteiger charge is -2.07. The van der Waals surface area contributed by atoms with Crippen LogP contribution in [0, 0.1) is 28.4 Å². The Labute approximate surface area is 108 Å². The van der Waals surface area contributed by atoms with Crippen LogP contribution in [0.1, 0.15) is 11.1 Å². The zero-order valence-corrected chi connectivity index (χ0v) is 9.90. The van der Waals surface area contributed by atoms with E-state index in [1.165, 1.54) is 24.4 Å². The van der Waals surface area contributed by atoms with E-state index in [-0.39, 0.29) is 22.9 Å². The molecule has 94 valence electrons. The maximum absolute atomic E-state index is 10.8. The zero-order chi connectivity index (χ0) is 13.8. The Morgan fingerprint density at radius 3 is 2.89 bits per heavy atom. The van der Waals surface area contributed by atoms with Gasteiger partial charge < -0.3 is 4.74 Å². The molecule has 0 aliphatic heterocycles. The molecule has 0 N–H and O–H groups in total. The highest BCUT2D eigenvalue weighted by atomic mass is 16.6. The van der Waals surface area contributed by atoms with Crippen LogP contribution < -0.4 is 4.74 Å². The first-order valence-corrected chi connectivity index (χ1v) is 5.27. The van der Waals surface area contributed by atoms with E-state index in [0.29, 0.717) is 5.56 Å². The molecule has 0 bridgehead atoms. The first kappa shape index (κ1) is 12.4. The second-order valence-electron chi connectivity index (χ2n) is 3.62. The topological polar surface area (TPSA) is 102 Å². The van der Waals surface area contributed by atoms with Gasteiger partial charge in [-0.3, -0.25) is 10.1 Å². The van der Waals surface area contributed by atoms with E-state index in [9.17, 15) is 10.1 Å². The van der Waals surface area contributed by atoms with Gasteiger partial charge in [0.25, 0.3) is 11.6 Å². The van der Waals surface area contributed by atoms with Crippen molar-refractivity contribution in [2.75, 3.05) is 0 Å². The number of aromatic nitrogens is 2. The van der Waals surface area contributed by atoms with Crippen molar-refractivity contribution >= 4 is 5.69 Å². The summed E-state index contributed by atoms with van der Waals surface area (Å²) < 4.78 is 5.42. The van der Waals surface area contributed by atoms with Gasteiger partial charge in [0.1, 0.15) is 17.4 Å². The Morgan fingerprint density at radius 2 is 2.21 bits per heavy atom. The molecular formula is C12H8N4O3. The molecule has 0 aliphatic carbocycles. The molecule has 0 saturated carbocycles. The number of rotatable bonds is 3.